The van der Waals surface area contributed by atoms with Gasteiger partial charge in [-0.05, 0) is 19.1 Å². The third kappa shape index (κ3) is 2.46. The van der Waals surface area contributed by atoms with Crippen LogP contribution in [0, 0.1) is 5.82 Å². The van der Waals surface area contributed by atoms with Crippen LogP contribution in [0.1, 0.15) is 28.5 Å². The second-order valence-corrected chi connectivity index (χ2v) is 6.23. The maximum Gasteiger partial charge on any atom is 0.263 e. The molecule has 114 valence electrons. The largest absolute Gasteiger partial charge is 0.342 e. The number of nitrogens with one attached hydrogen (secondary N) is 1. The zero-order valence-electron chi connectivity index (χ0n) is 11.8. The minimum Gasteiger partial charge on any atom is -0.342 e. The van der Waals surface area contributed by atoms with Gasteiger partial charge in [0.2, 0.25) is 0 Å². The number of benzene rings is 1. The average Bonchev–Trinajstić information content (AvgIpc) is 3.03. The molecule has 0 saturated heterocycles. The number of hydrogen-bond donors (Lipinski definition) is 1. The molecule has 0 unspecified atom stereocenters. The Kier molecular flexibility index (Phi) is 3.84. The highest BCUT2D eigenvalue weighted by molar-refractivity contribution is 7.21. The standard InChI is InChI=1S/C14H12ClFN4OS/c1-7(13-17-6-18-20(13)2)19-14(21)12-11(15)10-8(16)4-3-5-9(10)22-12/h3-7H,1-2H3,(H,19,21)/t7-/m1/s1. The number of hydrogen-bond acceptors (Lipinski definition) is 4. The van der Waals surface area contributed by atoms with E-state index in [1.165, 1.54) is 12.4 Å². The molecule has 0 aliphatic heterocycles. The van der Waals surface area contributed by atoms with Gasteiger partial charge in [0.1, 0.15) is 22.8 Å². The molecule has 3 rings (SSSR count). The summed E-state index contributed by atoms with van der Waals surface area (Å²) in [6.45, 7) is 1.80. The number of amides is 1. The van der Waals surface area contributed by atoms with Gasteiger partial charge in [0.15, 0.2) is 0 Å². The molecule has 0 bridgehead atoms. The predicted molar refractivity (Wildman–Crippen MR) is 83.7 cm³/mol. The van der Waals surface area contributed by atoms with Crippen molar-refractivity contribution in [3.05, 3.63) is 46.1 Å². The Morgan fingerprint density at radius 3 is 2.91 bits per heavy atom. The molecule has 0 fully saturated rings. The normalized spacial score (nSPS) is 12.5. The summed E-state index contributed by atoms with van der Waals surface area (Å²) in [5.74, 6) is -0.169. The van der Waals surface area contributed by atoms with Gasteiger partial charge in [0.05, 0.1) is 11.1 Å². The quantitative estimate of drug-likeness (QED) is 0.797. The third-order valence-corrected chi connectivity index (χ3v) is 4.94. The zero-order valence-corrected chi connectivity index (χ0v) is 13.4. The summed E-state index contributed by atoms with van der Waals surface area (Å²) < 4.78 is 16.1. The van der Waals surface area contributed by atoms with Crippen molar-refractivity contribution < 1.29 is 9.18 Å². The first-order chi connectivity index (χ1) is 10.5. The van der Waals surface area contributed by atoms with Gasteiger partial charge in [-0.3, -0.25) is 9.48 Å². The van der Waals surface area contributed by atoms with E-state index < -0.39 is 5.82 Å². The van der Waals surface area contributed by atoms with E-state index in [4.69, 9.17) is 11.6 Å². The number of carbonyl (C=O) groups excluding carboxylic acids is 1. The van der Waals surface area contributed by atoms with E-state index in [0.717, 1.165) is 11.3 Å². The van der Waals surface area contributed by atoms with Gasteiger partial charge >= 0.3 is 0 Å². The Bertz CT molecular complexity index is 860. The van der Waals surface area contributed by atoms with Crippen LogP contribution in [0.4, 0.5) is 4.39 Å². The van der Waals surface area contributed by atoms with Gasteiger partial charge in [-0.25, -0.2) is 9.37 Å². The Balaban J connectivity index is 1.91. The van der Waals surface area contributed by atoms with Crippen molar-refractivity contribution in [2.24, 2.45) is 7.05 Å². The van der Waals surface area contributed by atoms with Gasteiger partial charge in [0.25, 0.3) is 5.91 Å². The third-order valence-electron chi connectivity index (χ3n) is 3.29. The summed E-state index contributed by atoms with van der Waals surface area (Å²) >= 11 is 7.34. The maximum atomic E-state index is 13.8. The molecular formula is C14H12ClFN4OS. The Hall–Kier alpha value is -1.99. The first-order valence-corrected chi connectivity index (χ1v) is 7.69. The van der Waals surface area contributed by atoms with Crippen LogP contribution in [0.15, 0.2) is 24.5 Å². The van der Waals surface area contributed by atoms with Crippen LogP contribution in [0.2, 0.25) is 5.02 Å². The molecule has 5 nitrogen and oxygen atoms in total. The van der Waals surface area contributed by atoms with Crippen molar-refractivity contribution in [2.45, 2.75) is 13.0 Å². The molecule has 2 aromatic heterocycles. The molecule has 22 heavy (non-hydrogen) atoms. The lowest BCUT2D eigenvalue weighted by molar-refractivity contribution is 0.0942. The van der Waals surface area contributed by atoms with Crippen LogP contribution in [0.3, 0.4) is 0 Å². The van der Waals surface area contributed by atoms with E-state index >= 15 is 0 Å². The van der Waals surface area contributed by atoms with Crippen molar-refractivity contribution in [1.29, 1.82) is 0 Å². The van der Waals surface area contributed by atoms with Crippen LogP contribution < -0.4 is 5.32 Å². The number of rotatable bonds is 3. The Labute approximate surface area is 134 Å². The van der Waals surface area contributed by atoms with E-state index in [2.05, 4.69) is 15.4 Å². The number of thiophene rings is 1. The van der Waals surface area contributed by atoms with Crippen molar-refractivity contribution in [2.75, 3.05) is 0 Å². The fourth-order valence-corrected chi connectivity index (χ4v) is 3.70. The lowest BCUT2D eigenvalue weighted by Crippen LogP contribution is -2.28. The number of halogens is 2. The highest BCUT2D eigenvalue weighted by Crippen LogP contribution is 2.37. The minimum atomic E-state index is -0.431. The molecule has 1 atom stereocenters. The molecule has 3 aromatic rings. The molecule has 0 radical (unpaired) electrons. The van der Waals surface area contributed by atoms with Crippen LogP contribution in [0.5, 0.6) is 0 Å². The lowest BCUT2D eigenvalue weighted by Gasteiger charge is -2.12. The van der Waals surface area contributed by atoms with Crippen molar-refractivity contribution in [1.82, 2.24) is 20.1 Å². The highest BCUT2D eigenvalue weighted by Gasteiger charge is 2.22. The topological polar surface area (TPSA) is 59.8 Å². The number of aromatic nitrogens is 3. The Morgan fingerprint density at radius 2 is 2.27 bits per heavy atom. The summed E-state index contributed by atoms with van der Waals surface area (Å²) in [4.78, 5) is 16.8. The van der Waals surface area contributed by atoms with Crippen molar-refractivity contribution in [3.63, 3.8) is 0 Å². The second kappa shape index (κ2) is 5.66. The number of aryl methyl sites for hydroxylation is 1. The fraction of sp³-hybridized carbons (Fsp3) is 0.214. The van der Waals surface area contributed by atoms with Crippen LogP contribution in [-0.4, -0.2) is 20.7 Å². The highest BCUT2D eigenvalue weighted by atomic mass is 35.5. The molecule has 0 aliphatic rings. The number of fused-ring (bicyclic) bond motifs is 1. The minimum absolute atomic E-state index is 0.140. The van der Waals surface area contributed by atoms with Crippen molar-refractivity contribution in [3.8, 4) is 0 Å². The maximum absolute atomic E-state index is 13.8. The molecule has 0 spiro atoms. The monoisotopic (exact) mass is 338 g/mol. The molecule has 1 N–H and O–H groups in total. The van der Waals surface area contributed by atoms with Crippen LogP contribution in [-0.2, 0) is 7.05 Å². The van der Waals surface area contributed by atoms with E-state index in [0.29, 0.717) is 10.5 Å². The van der Waals surface area contributed by atoms with Gasteiger partial charge in [-0.15, -0.1) is 11.3 Å². The summed E-state index contributed by atoms with van der Waals surface area (Å²) in [6.07, 6.45) is 1.42. The van der Waals surface area contributed by atoms with Gasteiger partial charge in [-0.1, -0.05) is 17.7 Å². The zero-order chi connectivity index (χ0) is 15.9. The number of carbonyl (C=O) groups is 1. The van der Waals surface area contributed by atoms with Crippen LogP contribution >= 0.6 is 22.9 Å². The predicted octanol–water partition coefficient (Wildman–Crippen LogP) is 3.31. The van der Waals surface area contributed by atoms with E-state index in [1.54, 1.807) is 30.8 Å². The SMILES string of the molecule is C[C@@H](NC(=O)c1sc2cccc(F)c2c1Cl)c1ncnn1C. The van der Waals surface area contributed by atoms with Crippen LogP contribution in [0.25, 0.3) is 10.1 Å². The summed E-state index contributed by atoms with van der Waals surface area (Å²) in [5.41, 5.74) is 0. The first-order valence-electron chi connectivity index (χ1n) is 6.50. The molecule has 2 heterocycles. The van der Waals surface area contributed by atoms with Gasteiger partial charge in [-0.2, -0.15) is 5.10 Å². The smallest absolute Gasteiger partial charge is 0.263 e. The van der Waals surface area contributed by atoms with E-state index in [-0.39, 0.29) is 27.2 Å². The Morgan fingerprint density at radius 1 is 1.50 bits per heavy atom. The molecule has 1 aromatic carbocycles. The van der Waals surface area contributed by atoms with Gasteiger partial charge in [0, 0.05) is 17.1 Å². The molecule has 0 aliphatic carbocycles. The first kappa shape index (κ1) is 14.9. The molecule has 1 amide bonds. The fourth-order valence-electron chi connectivity index (χ4n) is 2.24. The molecule has 0 saturated carbocycles. The van der Waals surface area contributed by atoms with E-state index in [1.807, 2.05) is 0 Å². The summed E-state index contributed by atoms with van der Waals surface area (Å²) in [5, 5.41) is 7.19. The van der Waals surface area contributed by atoms with Gasteiger partial charge < -0.3 is 5.32 Å². The van der Waals surface area contributed by atoms with Crippen molar-refractivity contribution >= 4 is 38.9 Å². The van der Waals surface area contributed by atoms with E-state index in [9.17, 15) is 9.18 Å². The second-order valence-electron chi connectivity index (χ2n) is 4.80. The molecular weight excluding hydrogens is 327 g/mol. The lowest BCUT2D eigenvalue weighted by atomic mass is 10.2. The average molecular weight is 339 g/mol. The molecule has 8 heteroatoms. The number of nitrogens with zero attached hydrogens (tertiary/aromatic N) is 3. The summed E-state index contributed by atoms with van der Waals surface area (Å²) in [6, 6.07) is 4.31. The summed E-state index contributed by atoms with van der Waals surface area (Å²) in [7, 11) is 1.74.